The summed E-state index contributed by atoms with van der Waals surface area (Å²) >= 11 is 0. The van der Waals surface area contributed by atoms with Crippen LogP contribution in [0.5, 0.6) is 5.75 Å². The van der Waals surface area contributed by atoms with Crippen molar-refractivity contribution in [3.63, 3.8) is 0 Å². The van der Waals surface area contributed by atoms with E-state index in [9.17, 15) is 0 Å². The number of nitrogens with zero attached hydrogens (tertiary/aromatic N) is 1. The molecule has 0 aromatic heterocycles. The Morgan fingerprint density at radius 1 is 1.00 bits per heavy atom. The van der Waals surface area contributed by atoms with Gasteiger partial charge in [0.1, 0.15) is 11.9 Å². The number of allylic oxidation sites excluding steroid dienone is 1. The number of benzene rings is 2. The fourth-order valence-electron chi connectivity index (χ4n) is 5.30. The molecule has 6 rings (SSSR count). The van der Waals surface area contributed by atoms with Crippen molar-refractivity contribution in [2.75, 3.05) is 6.54 Å². The Balaban J connectivity index is 1.26. The van der Waals surface area contributed by atoms with E-state index < -0.39 is 17.5 Å². The van der Waals surface area contributed by atoms with Gasteiger partial charge >= 0.3 is 0 Å². The molecule has 0 bridgehead atoms. The van der Waals surface area contributed by atoms with Gasteiger partial charge in [0.05, 0.1) is 12.1 Å². The molecule has 1 fully saturated rings. The highest BCUT2D eigenvalue weighted by molar-refractivity contribution is 5.78. The second-order valence-corrected chi connectivity index (χ2v) is 10.0. The van der Waals surface area contributed by atoms with E-state index in [2.05, 4.69) is 59.0 Å². The SMILES string of the molecule is CC1(C)O[C@@H]2CC=C3C#C/C([C@H]4CN=C(CCc5ccccc5)O4)=C\C#CC(Oc4ccccc4)[C@]32O1. The molecule has 2 aliphatic carbocycles. The van der Waals surface area contributed by atoms with E-state index in [1.54, 1.807) is 0 Å². The molecule has 186 valence electrons. The normalized spacial score (nSPS) is 30.2. The van der Waals surface area contributed by atoms with Gasteiger partial charge in [-0.1, -0.05) is 78.3 Å². The fraction of sp³-hybridized carbons (Fsp3) is 0.344. The van der Waals surface area contributed by atoms with Crippen LogP contribution in [0.1, 0.15) is 32.3 Å². The molecule has 5 nitrogen and oxygen atoms in total. The molecule has 1 unspecified atom stereocenters. The molecule has 0 radical (unpaired) electrons. The van der Waals surface area contributed by atoms with Crippen molar-refractivity contribution in [1.29, 1.82) is 0 Å². The van der Waals surface area contributed by atoms with Crippen LogP contribution in [-0.2, 0) is 20.6 Å². The molecule has 4 aliphatic rings. The first-order valence-corrected chi connectivity index (χ1v) is 12.8. The zero-order valence-electron chi connectivity index (χ0n) is 21.1. The quantitative estimate of drug-likeness (QED) is 0.532. The monoisotopic (exact) mass is 491 g/mol. The summed E-state index contributed by atoms with van der Waals surface area (Å²) in [4.78, 5) is 4.65. The van der Waals surface area contributed by atoms with E-state index >= 15 is 0 Å². The largest absolute Gasteiger partial charge is 0.474 e. The maximum atomic E-state index is 6.59. The number of hydrogen-bond donors (Lipinski definition) is 0. The van der Waals surface area contributed by atoms with E-state index in [4.69, 9.17) is 18.9 Å². The summed E-state index contributed by atoms with van der Waals surface area (Å²) in [5, 5.41) is 0. The van der Waals surface area contributed by atoms with Gasteiger partial charge in [0.15, 0.2) is 29.5 Å². The maximum Gasteiger partial charge on any atom is 0.195 e. The Hall–Kier alpha value is -3.77. The Bertz CT molecular complexity index is 1380. The lowest BCUT2D eigenvalue weighted by atomic mass is 9.87. The minimum atomic E-state index is -0.906. The fourth-order valence-corrected chi connectivity index (χ4v) is 5.30. The minimum Gasteiger partial charge on any atom is -0.474 e. The highest BCUT2D eigenvalue weighted by atomic mass is 16.8. The summed E-state index contributed by atoms with van der Waals surface area (Å²) in [5.74, 6) is 14.0. The predicted octanol–water partition coefficient (Wildman–Crippen LogP) is 5.03. The molecule has 2 aromatic carbocycles. The summed E-state index contributed by atoms with van der Waals surface area (Å²) in [7, 11) is 0. The van der Waals surface area contributed by atoms with E-state index in [1.165, 1.54) is 5.56 Å². The molecular weight excluding hydrogens is 462 g/mol. The third-order valence-corrected chi connectivity index (χ3v) is 6.98. The van der Waals surface area contributed by atoms with Gasteiger partial charge in [0.25, 0.3) is 0 Å². The van der Waals surface area contributed by atoms with Gasteiger partial charge in [0.2, 0.25) is 0 Å². The average molecular weight is 492 g/mol. The smallest absolute Gasteiger partial charge is 0.195 e. The van der Waals surface area contributed by atoms with Crippen molar-refractivity contribution in [3.05, 3.63) is 89.5 Å². The third kappa shape index (κ3) is 4.69. The first-order valence-electron chi connectivity index (χ1n) is 12.8. The zero-order valence-corrected chi connectivity index (χ0v) is 21.1. The van der Waals surface area contributed by atoms with Crippen molar-refractivity contribution < 1.29 is 18.9 Å². The average Bonchev–Trinajstić information content (AvgIpc) is 3.58. The van der Waals surface area contributed by atoms with Gasteiger partial charge in [-0.15, -0.1) is 0 Å². The minimum absolute atomic E-state index is 0.230. The summed E-state index contributed by atoms with van der Waals surface area (Å²) in [6, 6.07) is 20.1. The molecule has 0 amide bonds. The summed E-state index contributed by atoms with van der Waals surface area (Å²) in [5.41, 5.74) is 2.01. The predicted molar refractivity (Wildman–Crippen MR) is 142 cm³/mol. The standard InChI is InChI=1S/C32H29NO4/c1-31(2)36-29-20-19-25-18-17-24(27-22-33-30(35-27)21-16-23-10-5-3-6-11-23)12-9-15-28(32(25,29)37-31)34-26-13-7-4-8-14-26/h3-8,10-14,19,27-29H,16,20-22H2,1-2H3/b24-12+/t27-,28?,29-,32-/m1/s1. The lowest BCUT2D eigenvalue weighted by molar-refractivity contribution is -0.166. The summed E-state index contributed by atoms with van der Waals surface area (Å²) in [6.45, 7) is 4.39. The van der Waals surface area contributed by atoms with Crippen LogP contribution < -0.4 is 4.74 Å². The van der Waals surface area contributed by atoms with Crippen LogP contribution in [0.25, 0.3) is 0 Å². The van der Waals surface area contributed by atoms with Gasteiger partial charge in [-0.2, -0.15) is 0 Å². The second kappa shape index (κ2) is 9.60. The number of para-hydroxylation sites is 1. The van der Waals surface area contributed by atoms with Gasteiger partial charge in [-0.05, 0) is 44.4 Å². The number of rotatable bonds is 6. The van der Waals surface area contributed by atoms with Crippen molar-refractivity contribution >= 4 is 5.90 Å². The van der Waals surface area contributed by atoms with Crippen LogP contribution in [-0.4, -0.2) is 42.1 Å². The zero-order chi connectivity index (χ0) is 25.3. The molecular formula is C32H29NO4. The van der Waals surface area contributed by atoms with E-state index in [1.807, 2.05) is 56.3 Å². The topological polar surface area (TPSA) is 49.3 Å². The van der Waals surface area contributed by atoms with Crippen LogP contribution in [0.15, 0.2) is 89.0 Å². The van der Waals surface area contributed by atoms with Gasteiger partial charge in [-0.25, -0.2) is 0 Å². The Morgan fingerprint density at radius 3 is 2.59 bits per heavy atom. The van der Waals surface area contributed by atoms with Crippen LogP contribution in [0.2, 0.25) is 0 Å². The molecule has 2 heterocycles. The van der Waals surface area contributed by atoms with Crippen molar-refractivity contribution in [2.45, 2.75) is 62.8 Å². The van der Waals surface area contributed by atoms with Crippen molar-refractivity contribution in [1.82, 2.24) is 0 Å². The lowest BCUT2D eigenvalue weighted by Crippen LogP contribution is -2.52. The molecule has 0 N–H and O–H groups in total. The van der Waals surface area contributed by atoms with Crippen LogP contribution in [0.4, 0.5) is 0 Å². The van der Waals surface area contributed by atoms with E-state index in [0.29, 0.717) is 13.0 Å². The summed E-state index contributed by atoms with van der Waals surface area (Å²) < 4.78 is 25.5. The van der Waals surface area contributed by atoms with E-state index in [-0.39, 0.29) is 12.2 Å². The molecule has 1 saturated heterocycles. The number of aryl methyl sites for hydroxylation is 1. The van der Waals surface area contributed by atoms with Crippen LogP contribution in [0.3, 0.4) is 0 Å². The van der Waals surface area contributed by atoms with Crippen molar-refractivity contribution in [2.24, 2.45) is 4.99 Å². The van der Waals surface area contributed by atoms with Gasteiger partial charge in [0, 0.05) is 18.1 Å². The van der Waals surface area contributed by atoms with Crippen LogP contribution >= 0.6 is 0 Å². The Kier molecular flexibility index (Phi) is 6.13. The van der Waals surface area contributed by atoms with E-state index in [0.717, 1.165) is 35.6 Å². The lowest BCUT2D eigenvalue weighted by Gasteiger charge is -2.34. The Labute approximate surface area is 218 Å². The first kappa shape index (κ1) is 23.6. The maximum absolute atomic E-state index is 6.59. The molecule has 4 atom stereocenters. The third-order valence-electron chi connectivity index (χ3n) is 6.98. The molecule has 37 heavy (non-hydrogen) atoms. The second-order valence-electron chi connectivity index (χ2n) is 10.0. The first-order chi connectivity index (χ1) is 18.0. The highest BCUT2D eigenvalue weighted by Gasteiger charge is 2.62. The Morgan fingerprint density at radius 2 is 1.78 bits per heavy atom. The highest BCUT2D eigenvalue weighted by Crippen LogP contribution is 2.49. The number of hydrogen-bond acceptors (Lipinski definition) is 5. The number of aliphatic imine (C=N–C) groups is 1. The molecule has 2 aliphatic heterocycles. The molecule has 0 saturated carbocycles. The van der Waals surface area contributed by atoms with Crippen molar-refractivity contribution in [3.8, 4) is 29.4 Å². The molecule has 1 spiro atoms. The number of ether oxygens (including phenoxy) is 4. The molecule has 2 aromatic rings. The van der Waals surface area contributed by atoms with Gasteiger partial charge < -0.3 is 18.9 Å². The van der Waals surface area contributed by atoms with Gasteiger partial charge in [-0.3, -0.25) is 4.99 Å². The molecule has 5 heteroatoms. The van der Waals surface area contributed by atoms with Crippen LogP contribution in [0, 0.1) is 23.7 Å². The summed E-state index contributed by atoms with van der Waals surface area (Å²) in [6.07, 6.45) is 5.20.